The summed E-state index contributed by atoms with van der Waals surface area (Å²) in [5, 5.41) is 2.73. The van der Waals surface area contributed by atoms with Crippen molar-refractivity contribution < 1.29 is 13.9 Å². The second-order valence-electron chi connectivity index (χ2n) is 6.18. The van der Waals surface area contributed by atoms with E-state index in [0.29, 0.717) is 22.8 Å². The van der Waals surface area contributed by atoms with Crippen LogP contribution in [0.3, 0.4) is 0 Å². The van der Waals surface area contributed by atoms with E-state index in [1.165, 1.54) is 18.5 Å². The summed E-state index contributed by atoms with van der Waals surface area (Å²) >= 11 is 0. The van der Waals surface area contributed by atoms with Gasteiger partial charge in [-0.05, 0) is 49.7 Å². The average Bonchev–Trinajstić information content (AvgIpc) is 2.64. The van der Waals surface area contributed by atoms with Crippen molar-refractivity contribution >= 4 is 24.1 Å². The Morgan fingerprint density at radius 2 is 1.89 bits per heavy atom. The van der Waals surface area contributed by atoms with Gasteiger partial charge in [-0.15, -0.1) is 12.4 Å². The third kappa shape index (κ3) is 5.72. The normalized spacial score (nSPS) is 10.3. The van der Waals surface area contributed by atoms with Gasteiger partial charge in [0.25, 0.3) is 0 Å². The van der Waals surface area contributed by atoms with Crippen LogP contribution in [0.4, 0.5) is 10.2 Å². The number of ether oxygens (including phenoxy) is 1. The smallest absolute Gasteiger partial charge is 0.229 e. The second-order valence-corrected chi connectivity index (χ2v) is 6.18. The molecule has 0 aliphatic rings. The molecule has 28 heavy (non-hydrogen) atoms. The third-order valence-electron chi connectivity index (χ3n) is 3.63. The molecule has 0 fully saturated rings. The summed E-state index contributed by atoms with van der Waals surface area (Å²) in [6.07, 6.45) is 4.71. The van der Waals surface area contributed by atoms with Gasteiger partial charge in [0.15, 0.2) is 0 Å². The van der Waals surface area contributed by atoms with Crippen LogP contribution in [0, 0.1) is 5.82 Å². The zero-order valence-electron chi connectivity index (χ0n) is 15.4. The van der Waals surface area contributed by atoms with Crippen molar-refractivity contribution in [3.8, 4) is 17.0 Å². The first-order valence-electron chi connectivity index (χ1n) is 8.48. The van der Waals surface area contributed by atoms with Crippen molar-refractivity contribution in [2.75, 3.05) is 5.32 Å². The molecule has 6 nitrogen and oxygen atoms in total. The predicted octanol–water partition coefficient (Wildman–Crippen LogP) is 4.07. The summed E-state index contributed by atoms with van der Waals surface area (Å²) in [6, 6.07) is 9.38. The minimum absolute atomic E-state index is 0. The largest absolute Gasteiger partial charge is 0.490 e. The van der Waals surface area contributed by atoms with E-state index in [0.717, 1.165) is 5.56 Å². The first-order chi connectivity index (χ1) is 13.0. The van der Waals surface area contributed by atoms with Crippen LogP contribution in [-0.4, -0.2) is 27.0 Å². The Morgan fingerprint density at radius 3 is 2.61 bits per heavy atom. The number of halogens is 2. The minimum atomic E-state index is -0.400. The van der Waals surface area contributed by atoms with E-state index in [2.05, 4.69) is 20.3 Å². The number of aromatic nitrogens is 3. The van der Waals surface area contributed by atoms with E-state index in [-0.39, 0.29) is 30.8 Å². The molecule has 3 aromatic rings. The Morgan fingerprint density at radius 1 is 1.14 bits per heavy atom. The summed E-state index contributed by atoms with van der Waals surface area (Å²) in [5.74, 6) is 0.227. The van der Waals surface area contributed by atoms with Gasteiger partial charge in [0, 0.05) is 24.0 Å². The van der Waals surface area contributed by atoms with Gasteiger partial charge in [-0.1, -0.05) is 0 Å². The molecule has 0 radical (unpaired) electrons. The molecule has 1 N–H and O–H groups in total. The monoisotopic (exact) mass is 402 g/mol. The van der Waals surface area contributed by atoms with Gasteiger partial charge in [-0.2, -0.15) is 0 Å². The SMILES string of the molecule is CC(C)Oc1ccc(F)cc1-c1cc(NC(=O)Cc2ccncc2)ncn1.Cl. The molecular weight excluding hydrogens is 383 g/mol. The fourth-order valence-corrected chi connectivity index (χ4v) is 2.51. The summed E-state index contributed by atoms with van der Waals surface area (Å²) in [5.41, 5.74) is 1.80. The van der Waals surface area contributed by atoms with Crippen LogP contribution in [0.5, 0.6) is 5.75 Å². The highest BCUT2D eigenvalue weighted by Gasteiger charge is 2.13. The maximum absolute atomic E-state index is 13.7. The Hall–Kier alpha value is -3.06. The highest BCUT2D eigenvalue weighted by Crippen LogP contribution is 2.31. The lowest BCUT2D eigenvalue weighted by Crippen LogP contribution is -2.15. The highest BCUT2D eigenvalue weighted by atomic mass is 35.5. The molecule has 1 amide bonds. The number of nitrogens with one attached hydrogen (secondary N) is 1. The molecule has 0 saturated carbocycles. The molecule has 146 valence electrons. The lowest BCUT2D eigenvalue weighted by atomic mass is 10.1. The quantitative estimate of drug-likeness (QED) is 0.672. The van der Waals surface area contributed by atoms with Crippen LogP contribution in [0.15, 0.2) is 55.1 Å². The summed E-state index contributed by atoms with van der Waals surface area (Å²) in [4.78, 5) is 24.4. The van der Waals surface area contributed by atoms with Gasteiger partial charge in [0.2, 0.25) is 5.91 Å². The number of amides is 1. The molecule has 0 aliphatic carbocycles. The molecule has 0 bridgehead atoms. The van der Waals surface area contributed by atoms with E-state index >= 15 is 0 Å². The molecule has 2 heterocycles. The van der Waals surface area contributed by atoms with E-state index in [4.69, 9.17) is 4.74 Å². The number of carbonyl (C=O) groups is 1. The third-order valence-corrected chi connectivity index (χ3v) is 3.63. The van der Waals surface area contributed by atoms with Gasteiger partial charge < -0.3 is 10.1 Å². The van der Waals surface area contributed by atoms with Crippen molar-refractivity contribution in [2.45, 2.75) is 26.4 Å². The molecule has 0 saturated heterocycles. The fraction of sp³-hybridized carbons (Fsp3) is 0.200. The van der Waals surface area contributed by atoms with Gasteiger partial charge >= 0.3 is 0 Å². The van der Waals surface area contributed by atoms with Crippen LogP contribution in [0.25, 0.3) is 11.3 Å². The van der Waals surface area contributed by atoms with Crippen LogP contribution in [0.1, 0.15) is 19.4 Å². The number of nitrogens with zero attached hydrogens (tertiary/aromatic N) is 3. The molecule has 0 spiro atoms. The number of rotatable bonds is 6. The lowest BCUT2D eigenvalue weighted by Gasteiger charge is -2.14. The van der Waals surface area contributed by atoms with E-state index in [1.54, 1.807) is 36.7 Å². The van der Waals surface area contributed by atoms with Crippen molar-refractivity contribution in [2.24, 2.45) is 0 Å². The number of carbonyl (C=O) groups excluding carboxylic acids is 1. The van der Waals surface area contributed by atoms with Crippen molar-refractivity contribution in [3.05, 3.63) is 66.5 Å². The van der Waals surface area contributed by atoms with E-state index < -0.39 is 5.82 Å². The molecule has 8 heteroatoms. The first kappa shape index (κ1) is 21.2. The summed E-state index contributed by atoms with van der Waals surface area (Å²) in [7, 11) is 0. The zero-order valence-corrected chi connectivity index (χ0v) is 16.2. The van der Waals surface area contributed by atoms with Gasteiger partial charge in [-0.25, -0.2) is 14.4 Å². The van der Waals surface area contributed by atoms with Crippen LogP contribution in [0.2, 0.25) is 0 Å². The van der Waals surface area contributed by atoms with Crippen molar-refractivity contribution in [3.63, 3.8) is 0 Å². The van der Waals surface area contributed by atoms with Gasteiger partial charge in [-0.3, -0.25) is 9.78 Å². The topological polar surface area (TPSA) is 77.0 Å². The molecule has 3 rings (SSSR count). The lowest BCUT2D eigenvalue weighted by molar-refractivity contribution is -0.115. The molecule has 0 unspecified atom stereocenters. The maximum atomic E-state index is 13.7. The van der Waals surface area contributed by atoms with Crippen LogP contribution in [-0.2, 0) is 11.2 Å². The van der Waals surface area contributed by atoms with E-state index in [9.17, 15) is 9.18 Å². The number of pyridine rings is 1. The Balaban J connectivity index is 0.00000280. The summed E-state index contributed by atoms with van der Waals surface area (Å²) < 4.78 is 19.5. The standard InChI is InChI=1S/C20H19FN4O2.ClH/c1-13(2)27-18-4-3-15(21)10-16(18)17-11-19(24-12-23-17)25-20(26)9-14-5-7-22-8-6-14;/h3-8,10-13H,9H2,1-2H3,(H,23,24,25,26);1H. The van der Waals surface area contributed by atoms with Crippen molar-refractivity contribution in [1.82, 2.24) is 15.0 Å². The first-order valence-corrected chi connectivity index (χ1v) is 8.48. The van der Waals surface area contributed by atoms with Gasteiger partial charge in [0.1, 0.15) is 23.7 Å². The Labute approximate surface area is 168 Å². The number of benzene rings is 1. The van der Waals surface area contributed by atoms with Gasteiger partial charge in [0.05, 0.1) is 18.2 Å². The van der Waals surface area contributed by atoms with E-state index in [1.807, 2.05) is 13.8 Å². The maximum Gasteiger partial charge on any atom is 0.229 e. The number of anilines is 1. The molecular formula is C20H20ClFN4O2. The fourth-order valence-electron chi connectivity index (χ4n) is 2.51. The molecule has 2 aromatic heterocycles. The van der Waals surface area contributed by atoms with Crippen LogP contribution >= 0.6 is 12.4 Å². The Kier molecular flexibility index (Phi) is 7.40. The Bertz CT molecular complexity index is 938. The second kappa shape index (κ2) is 9.75. The van der Waals surface area contributed by atoms with Crippen molar-refractivity contribution in [1.29, 1.82) is 0 Å². The molecule has 0 atom stereocenters. The summed E-state index contributed by atoms with van der Waals surface area (Å²) in [6.45, 7) is 3.77. The molecule has 0 aliphatic heterocycles. The predicted molar refractivity (Wildman–Crippen MR) is 107 cm³/mol. The highest BCUT2D eigenvalue weighted by molar-refractivity contribution is 5.91. The molecule has 1 aromatic carbocycles. The average molecular weight is 403 g/mol. The number of hydrogen-bond donors (Lipinski definition) is 1. The van der Waals surface area contributed by atoms with Crippen LogP contribution < -0.4 is 10.1 Å². The number of hydrogen-bond acceptors (Lipinski definition) is 5. The minimum Gasteiger partial charge on any atom is -0.490 e. The zero-order chi connectivity index (χ0) is 19.2.